The van der Waals surface area contributed by atoms with E-state index in [0.29, 0.717) is 19.8 Å². The molecule has 0 saturated carbocycles. The molecule has 4 nitrogen and oxygen atoms in total. The maximum atomic E-state index is 5.63. The van der Waals surface area contributed by atoms with Crippen molar-refractivity contribution in [1.82, 2.24) is 0 Å². The Morgan fingerprint density at radius 3 is 2.59 bits per heavy atom. The second-order valence-corrected chi connectivity index (χ2v) is 3.72. The van der Waals surface area contributed by atoms with Gasteiger partial charge in [0, 0.05) is 20.1 Å². The van der Waals surface area contributed by atoms with E-state index in [1.54, 1.807) is 14.2 Å². The summed E-state index contributed by atoms with van der Waals surface area (Å²) in [6, 6.07) is 5.91. The van der Waals surface area contributed by atoms with Crippen LogP contribution >= 0.6 is 0 Å². The molecule has 2 N–H and O–H groups in total. The zero-order chi connectivity index (χ0) is 12.5. The van der Waals surface area contributed by atoms with Gasteiger partial charge in [-0.15, -0.1) is 0 Å². The third-order valence-electron chi connectivity index (χ3n) is 2.41. The van der Waals surface area contributed by atoms with Gasteiger partial charge in [0.2, 0.25) is 0 Å². The van der Waals surface area contributed by atoms with Gasteiger partial charge in [0.1, 0.15) is 0 Å². The molecule has 0 heterocycles. The lowest BCUT2D eigenvalue weighted by molar-refractivity contribution is 0.170. The molecule has 0 radical (unpaired) electrons. The van der Waals surface area contributed by atoms with Gasteiger partial charge in [-0.25, -0.2) is 0 Å². The van der Waals surface area contributed by atoms with Crippen molar-refractivity contribution in [1.29, 1.82) is 0 Å². The zero-order valence-corrected chi connectivity index (χ0v) is 10.6. The van der Waals surface area contributed by atoms with Gasteiger partial charge in [-0.3, -0.25) is 0 Å². The molecule has 0 saturated heterocycles. The van der Waals surface area contributed by atoms with E-state index in [4.69, 9.17) is 19.9 Å². The molecular formula is C13H21NO3. The predicted molar refractivity (Wildman–Crippen MR) is 67.7 cm³/mol. The van der Waals surface area contributed by atoms with Gasteiger partial charge in [0.05, 0.1) is 13.7 Å². The summed E-state index contributed by atoms with van der Waals surface area (Å²) in [7, 11) is 3.33. The van der Waals surface area contributed by atoms with E-state index in [1.165, 1.54) is 0 Å². The maximum Gasteiger partial charge on any atom is 0.161 e. The number of methoxy groups -OCH3 is 2. The molecule has 1 aromatic rings. The van der Waals surface area contributed by atoms with Gasteiger partial charge < -0.3 is 19.9 Å². The fraction of sp³-hybridized carbons (Fsp3) is 0.538. The van der Waals surface area contributed by atoms with Crippen molar-refractivity contribution in [2.24, 2.45) is 5.73 Å². The van der Waals surface area contributed by atoms with Gasteiger partial charge in [-0.05, 0) is 30.7 Å². The Morgan fingerprint density at radius 1 is 1.12 bits per heavy atom. The number of ether oxygens (including phenoxy) is 3. The lowest BCUT2D eigenvalue weighted by atomic mass is 10.1. The summed E-state index contributed by atoms with van der Waals surface area (Å²) in [5.41, 5.74) is 6.68. The Morgan fingerprint density at radius 2 is 1.94 bits per heavy atom. The summed E-state index contributed by atoms with van der Waals surface area (Å²) in [6.45, 7) is 1.96. The van der Waals surface area contributed by atoms with Crippen molar-refractivity contribution in [3.05, 3.63) is 23.8 Å². The van der Waals surface area contributed by atoms with Gasteiger partial charge in [0.25, 0.3) is 0 Å². The van der Waals surface area contributed by atoms with E-state index in [2.05, 4.69) is 0 Å². The third kappa shape index (κ3) is 4.63. The Bertz CT molecular complexity index is 328. The van der Waals surface area contributed by atoms with E-state index in [0.717, 1.165) is 29.9 Å². The molecule has 96 valence electrons. The van der Waals surface area contributed by atoms with Crippen LogP contribution in [0.1, 0.15) is 12.0 Å². The highest BCUT2D eigenvalue weighted by molar-refractivity contribution is 5.43. The van der Waals surface area contributed by atoms with Crippen LogP contribution in [0.2, 0.25) is 0 Å². The Hall–Kier alpha value is -1.26. The first-order valence-electron chi connectivity index (χ1n) is 5.80. The van der Waals surface area contributed by atoms with E-state index in [1.807, 2.05) is 18.2 Å². The van der Waals surface area contributed by atoms with E-state index in [9.17, 15) is 0 Å². The molecule has 0 aromatic heterocycles. The van der Waals surface area contributed by atoms with Gasteiger partial charge >= 0.3 is 0 Å². The highest BCUT2D eigenvalue weighted by atomic mass is 16.5. The second-order valence-electron chi connectivity index (χ2n) is 3.72. The van der Waals surface area contributed by atoms with Crippen LogP contribution in [0, 0.1) is 0 Å². The van der Waals surface area contributed by atoms with Gasteiger partial charge in [-0.2, -0.15) is 0 Å². The summed E-state index contributed by atoms with van der Waals surface area (Å²) in [4.78, 5) is 0. The minimum atomic E-state index is 0.625. The lowest BCUT2D eigenvalue weighted by Crippen LogP contribution is -2.05. The molecule has 0 amide bonds. The molecule has 0 atom stereocenters. The quantitative estimate of drug-likeness (QED) is 0.700. The standard InChI is InChI=1S/C13H21NO3/c1-15-8-3-9-17-12-5-4-11(6-7-14)10-13(12)16-2/h4-5,10H,3,6-9,14H2,1-2H3. The summed E-state index contributed by atoms with van der Waals surface area (Å²) in [5.74, 6) is 1.53. The molecule has 0 fully saturated rings. The van der Waals surface area contributed by atoms with Crippen molar-refractivity contribution < 1.29 is 14.2 Å². The van der Waals surface area contributed by atoms with Crippen LogP contribution in [0.15, 0.2) is 18.2 Å². The van der Waals surface area contributed by atoms with Crippen LogP contribution in [0.4, 0.5) is 0 Å². The van der Waals surface area contributed by atoms with Crippen molar-refractivity contribution in [3.63, 3.8) is 0 Å². The zero-order valence-electron chi connectivity index (χ0n) is 10.6. The number of benzene rings is 1. The third-order valence-corrected chi connectivity index (χ3v) is 2.41. The molecule has 1 rings (SSSR count). The number of hydrogen-bond acceptors (Lipinski definition) is 4. The van der Waals surface area contributed by atoms with Crippen molar-refractivity contribution in [2.45, 2.75) is 12.8 Å². The number of hydrogen-bond donors (Lipinski definition) is 1. The van der Waals surface area contributed by atoms with E-state index < -0.39 is 0 Å². The Balaban J connectivity index is 2.58. The van der Waals surface area contributed by atoms with Crippen LogP contribution in [0.3, 0.4) is 0 Å². The first kappa shape index (κ1) is 13.8. The van der Waals surface area contributed by atoms with Crippen molar-refractivity contribution >= 4 is 0 Å². The largest absolute Gasteiger partial charge is 0.493 e. The van der Waals surface area contributed by atoms with Crippen LogP contribution in [-0.2, 0) is 11.2 Å². The van der Waals surface area contributed by atoms with Crippen LogP contribution < -0.4 is 15.2 Å². The fourth-order valence-corrected chi connectivity index (χ4v) is 1.54. The molecule has 0 unspecified atom stereocenters. The van der Waals surface area contributed by atoms with Gasteiger partial charge in [-0.1, -0.05) is 6.07 Å². The molecule has 1 aromatic carbocycles. The highest BCUT2D eigenvalue weighted by Crippen LogP contribution is 2.28. The summed E-state index contributed by atoms with van der Waals surface area (Å²) >= 11 is 0. The van der Waals surface area contributed by atoms with Crippen LogP contribution in [0.25, 0.3) is 0 Å². The molecule has 0 spiro atoms. The molecule has 17 heavy (non-hydrogen) atoms. The minimum Gasteiger partial charge on any atom is -0.493 e. The molecule has 0 aliphatic carbocycles. The van der Waals surface area contributed by atoms with Crippen molar-refractivity contribution in [3.8, 4) is 11.5 Å². The van der Waals surface area contributed by atoms with Crippen LogP contribution in [0.5, 0.6) is 11.5 Å². The topological polar surface area (TPSA) is 53.7 Å². The normalized spacial score (nSPS) is 10.3. The average molecular weight is 239 g/mol. The fourth-order valence-electron chi connectivity index (χ4n) is 1.54. The molecule has 0 aliphatic heterocycles. The first-order chi connectivity index (χ1) is 8.31. The van der Waals surface area contributed by atoms with Gasteiger partial charge in [0.15, 0.2) is 11.5 Å². The Labute approximate surface area is 103 Å². The molecular weight excluding hydrogens is 218 g/mol. The smallest absolute Gasteiger partial charge is 0.161 e. The summed E-state index contributed by atoms with van der Waals surface area (Å²) < 4.78 is 15.9. The summed E-state index contributed by atoms with van der Waals surface area (Å²) in [5, 5.41) is 0. The molecule has 0 bridgehead atoms. The minimum absolute atomic E-state index is 0.625. The molecule has 4 heteroatoms. The van der Waals surface area contributed by atoms with E-state index in [-0.39, 0.29) is 0 Å². The summed E-state index contributed by atoms with van der Waals surface area (Å²) in [6.07, 6.45) is 1.71. The highest BCUT2D eigenvalue weighted by Gasteiger charge is 2.05. The SMILES string of the molecule is COCCCOc1ccc(CCN)cc1OC. The monoisotopic (exact) mass is 239 g/mol. The first-order valence-corrected chi connectivity index (χ1v) is 5.80. The number of nitrogens with two attached hydrogens (primary N) is 1. The second kappa shape index (κ2) is 7.92. The average Bonchev–Trinajstić information content (AvgIpc) is 2.36. The van der Waals surface area contributed by atoms with E-state index >= 15 is 0 Å². The molecule has 0 aliphatic rings. The maximum absolute atomic E-state index is 5.63. The lowest BCUT2D eigenvalue weighted by Gasteiger charge is -2.11. The van der Waals surface area contributed by atoms with Crippen molar-refractivity contribution in [2.75, 3.05) is 34.0 Å². The number of rotatable bonds is 8. The Kier molecular flexibility index (Phi) is 6.43. The van der Waals surface area contributed by atoms with Crippen LogP contribution in [-0.4, -0.2) is 34.0 Å². The predicted octanol–water partition coefficient (Wildman–Crippen LogP) is 1.61.